The molecule has 0 bridgehead atoms. The lowest BCUT2D eigenvalue weighted by molar-refractivity contribution is 0.127. The van der Waals surface area contributed by atoms with Crippen LogP contribution in [-0.2, 0) is 0 Å². The number of hydrogen-bond acceptors (Lipinski definition) is 2. The van der Waals surface area contributed by atoms with Gasteiger partial charge in [-0.05, 0) is 50.8 Å². The van der Waals surface area contributed by atoms with Gasteiger partial charge in [-0.3, -0.25) is 0 Å². The Morgan fingerprint density at radius 1 is 1.26 bits per heavy atom. The summed E-state index contributed by atoms with van der Waals surface area (Å²) in [6.07, 6.45) is 5.86. The van der Waals surface area contributed by atoms with Crippen molar-refractivity contribution in [3.8, 4) is 0 Å². The second kappa shape index (κ2) is 7.06. The van der Waals surface area contributed by atoms with Crippen LogP contribution in [0, 0.1) is 6.92 Å². The van der Waals surface area contributed by atoms with E-state index >= 15 is 0 Å². The molecule has 0 spiro atoms. The SMILES string of the molecule is Cc1ccccc1C(O)CCN1CCCCCC1C. The maximum absolute atomic E-state index is 10.4. The van der Waals surface area contributed by atoms with Crippen LogP contribution in [0.15, 0.2) is 24.3 Å². The van der Waals surface area contributed by atoms with Gasteiger partial charge in [-0.2, -0.15) is 0 Å². The summed E-state index contributed by atoms with van der Waals surface area (Å²) >= 11 is 0. The number of aryl methyl sites for hydroxylation is 1. The number of likely N-dealkylation sites (tertiary alicyclic amines) is 1. The van der Waals surface area contributed by atoms with Gasteiger partial charge in [0.05, 0.1) is 6.10 Å². The number of aliphatic hydroxyl groups is 1. The van der Waals surface area contributed by atoms with Gasteiger partial charge in [-0.1, -0.05) is 37.1 Å². The Balaban J connectivity index is 1.89. The predicted molar refractivity (Wildman–Crippen MR) is 80.3 cm³/mol. The normalized spacial score (nSPS) is 23.0. The monoisotopic (exact) mass is 261 g/mol. The Bertz CT molecular complexity index is 391. The fourth-order valence-electron chi connectivity index (χ4n) is 3.07. The highest BCUT2D eigenvalue weighted by atomic mass is 16.3. The third kappa shape index (κ3) is 4.05. The molecule has 1 fully saturated rings. The molecular weight excluding hydrogens is 234 g/mol. The summed E-state index contributed by atoms with van der Waals surface area (Å²) in [6.45, 7) is 6.61. The zero-order valence-electron chi connectivity index (χ0n) is 12.3. The van der Waals surface area contributed by atoms with E-state index in [9.17, 15) is 5.11 Å². The van der Waals surface area contributed by atoms with Crippen LogP contribution in [0.5, 0.6) is 0 Å². The fourth-order valence-corrected chi connectivity index (χ4v) is 3.07. The van der Waals surface area contributed by atoms with E-state index < -0.39 is 0 Å². The van der Waals surface area contributed by atoms with Gasteiger partial charge in [-0.15, -0.1) is 0 Å². The molecule has 2 atom stereocenters. The van der Waals surface area contributed by atoms with Crippen LogP contribution in [0.1, 0.15) is 56.3 Å². The van der Waals surface area contributed by atoms with Crippen molar-refractivity contribution in [1.82, 2.24) is 4.90 Å². The summed E-state index contributed by atoms with van der Waals surface area (Å²) in [5.74, 6) is 0. The maximum Gasteiger partial charge on any atom is 0.0804 e. The van der Waals surface area contributed by atoms with Crippen LogP contribution in [-0.4, -0.2) is 29.1 Å². The minimum absolute atomic E-state index is 0.323. The third-order valence-electron chi connectivity index (χ3n) is 4.43. The van der Waals surface area contributed by atoms with Crippen molar-refractivity contribution in [3.05, 3.63) is 35.4 Å². The van der Waals surface area contributed by atoms with E-state index in [4.69, 9.17) is 0 Å². The average Bonchev–Trinajstić information content (AvgIpc) is 2.61. The first kappa shape index (κ1) is 14.5. The van der Waals surface area contributed by atoms with E-state index in [1.165, 1.54) is 37.8 Å². The summed E-state index contributed by atoms with van der Waals surface area (Å²) in [5.41, 5.74) is 2.28. The molecule has 1 N–H and O–H groups in total. The number of nitrogens with zero attached hydrogens (tertiary/aromatic N) is 1. The van der Waals surface area contributed by atoms with Crippen LogP contribution >= 0.6 is 0 Å². The van der Waals surface area contributed by atoms with Crippen molar-refractivity contribution in [2.24, 2.45) is 0 Å². The topological polar surface area (TPSA) is 23.5 Å². The summed E-state index contributed by atoms with van der Waals surface area (Å²) in [7, 11) is 0. The number of rotatable bonds is 4. The second-order valence-corrected chi connectivity index (χ2v) is 5.90. The number of hydrogen-bond donors (Lipinski definition) is 1. The van der Waals surface area contributed by atoms with Gasteiger partial charge in [0.15, 0.2) is 0 Å². The van der Waals surface area contributed by atoms with E-state index in [1.54, 1.807) is 0 Å². The van der Waals surface area contributed by atoms with Crippen molar-refractivity contribution in [2.75, 3.05) is 13.1 Å². The summed E-state index contributed by atoms with van der Waals surface area (Å²) in [6, 6.07) is 8.84. The highest BCUT2D eigenvalue weighted by molar-refractivity contribution is 5.27. The van der Waals surface area contributed by atoms with E-state index in [2.05, 4.69) is 24.8 Å². The van der Waals surface area contributed by atoms with E-state index in [0.717, 1.165) is 18.5 Å². The highest BCUT2D eigenvalue weighted by Gasteiger charge is 2.18. The Hall–Kier alpha value is -0.860. The first-order valence-electron chi connectivity index (χ1n) is 7.66. The van der Waals surface area contributed by atoms with Gasteiger partial charge in [0, 0.05) is 12.6 Å². The molecule has 19 heavy (non-hydrogen) atoms. The van der Waals surface area contributed by atoms with Crippen molar-refractivity contribution in [2.45, 2.75) is 58.1 Å². The Morgan fingerprint density at radius 2 is 2.05 bits per heavy atom. The molecule has 106 valence electrons. The van der Waals surface area contributed by atoms with Gasteiger partial charge in [0.25, 0.3) is 0 Å². The Kier molecular flexibility index (Phi) is 5.41. The van der Waals surface area contributed by atoms with Crippen LogP contribution in [0.3, 0.4) is 0 Å². The largest absolute Gasteiger partial charge is 0.388 e. The Morgan fingerprint density at radius 3 is 2.84 bits per heavy atom. The predicted octanol–water partition coefficient (Wildman–Crippen LogP) is 3.68. The van der Waals surface area contributed by atoms with Gasteiger partial charge >= 0.3 is 0 Å². The molecule has 0 aromatic heterocycles. The molecule has 2 heteroatoms. The van der Waals surface area contributed by atoms with E-state index in [1.807, 2.05) is 18.2 Å². The van der Waals surface area contributed by atoms with Gasteiger partial charge in [0.1, 0.15) is 0 Å². The molecule has 1 aromatic rings. The molecule has 2 nitrogen and oxygen atoms in total. The lowest BCUT2D eigenvalue weighted by Gasteiger charge is -2.28. The molecule has 1 aromatic carbocycles. The zero-order valence-corrected chi connectivity index (χ0v) is 12.3. The molecule has 0 radical (unpaired) electrons. The molecule has 1 aliphatic rings. The number of benzene rings is 1. The van der Waals surface area contributed by atoms with Crippen molar-refractivity contribution >= 4 is 0 Å². The zero-order chi connectivity index (χ0) is 13.7. The summed E-state index contributed by atoms with van der Waals surface area (Å²) < 4.78 is 0. The first-order valence-corrected chi connectivity index (χ1v) is 7.66. The van der Waals surface area contributed by atoms with Gasteiger partial charge in [-0.25, -0.2) is 0 Å². The van der Waals surface area contributed by atoms with Gasteiger partial charge < -0.3 is 10.0 Å². The standard InChI is InChI=1S/C17H27NO/c1-14-8-5-6-10-16(14)17(19)11-13-18-12-7-3-4-9-15(18)2/h5-6,8,10,15,17,19H,3-4,7,9,11-13H2,1-2H3. The minimum atomic E-state index is -0.323. The highest BCUT2D eigenvalue weighted by Crippen LogP contribution is 2.22. The van der Waals surface area contributed by atoms with E-state index in [0.29, 0.717) is 6.04 Å². The molecule has 2 rings (SSSR count). The quantitative estimate of drug-likeness (QED) is 0.893. The molecule has 1 aliphatic heterocycles. The molecule has 1 saturated heterocycles. The summed E-state index contributed by atoms with van der Waals surface area (Å²) in [4.78, 5) is 2.55. The molecule has 0 amide bonds. The lowest BCUT2D eigenvalue weighted by Crippen LogP contribution is -2.34. The lowest BCUT2D eigenvalue weighted by atomic mass is 10.0. The van der Waals surface area contributed by atoms with Crippen LogP contribution in [0.4, 0.5) is 0 Å². The van der Waals surface area contributed by atoms with E-state index in [-0.39, 0.29) is 6.10 Å². The van der Waals surface area contributed by atoms with Crippen LogP contribution < -0.4 is 0 Å². The average molecular weight is 261 g/mol. The van der Waals surface area contributed by atoms with Crippen LogP contribution in [0.25, 0.3) is 0 Å². The Labute approximate surface area is 117 Å². The molecule has 0 aliphatic carbocycles. The first-order chi connectivity index (χ1) is 9.18. The van der Waals surface area contributed by atoms with Gasteiger partial charge in [0.2, 0.25) is 0 Å². The molecule has 2 unspecified atom stereocenters. The van der Waals surface area contributed by atoms with Crippen LogP contribution in [0.2, 0.25) is 0 Å². The number of aliphatic hydroxyl groups excluding tert-OH is 1. The third-order valence-corrected chi connectivity index (χ3v) is 4.43. The molecule has 1 heterocycles. The maximum atomic E-state index is 10.4. The minimum Gasteiger partial charge on any atom is -0.388 e. The second-order valence-electron chi connectivity index (χ2n) is 5.90. The molecular formula is C17H27NO. The smallest absolute Gasteiger partial charge is 0.0804 e. The van der Waals surface area contributed by atoms with Crippen molar-refractivity contribution in [1.29, 1.82) is 0 Å². The fraction of sp³-hybridized carbons (Fsp3) is 0.647. The van der Waals surface area contributed by atoms with Crippen molar-refractivity contribution < 1.29 is 5.11 Å². The molecule has 0 saturated carbocycles. The van der Waals surface area contributed by atoms with Crippen molar-refractivity contribution in [3.63, 3.8) is 0 Å². The summed E-state index contributed by atoms with van der Waals surface area (Å²) in [5, 5.41) is 10.4.